The van der Waals surface area contributed by atoms with Gasteiger partial charge in [0.25, 0.3) is 0 Å². The van der Waals surface area contributed by atoms with E-state index in [1.54, 1.807) is 46.5 Å². The minimum absolute atomic E-state index is 0.0430. The van der Waals surface area contributed by atoms with E-state index in [4.69, 9.17) is 9.72 Å². The van der Waals surface area contributed by atoms with Crippen LogP contribution in [0.15, 0.2) is 70.1 Å². The summed E-state index contributed by atoms with van der Waals surface area (Å²) in [6, 6.07) is 10.9. The lowest BCUT2D eigenvalue weighted by Gasteiger charge is -2.31. The van der Waals surface area contributed by atoms with Crippen LogP contribution in [0.4, 0.5) is 0 Å². The fourth-order valence-electron chi connectivity index (χ4n) is 4.86. The summed E-state index contributed by atoms with van der Waals surface area (Å²) in [5.74, 6) is 0.966. The van der Waals surface area contributed by atoms with Crippen LogP contribution < -0.4 is 4.74 Å². The molecule has 0 bridgehead atoms. The smallest absolute Gasteiger partial charge is 0.243 e. The Morgan fingerprint density at radius 3 is 2.46 bits per heavy atom. The molecule has 0 atom stereocenters. The van der Waals surface area contributed by atoms with E-state index < -0.39 is 10.0 Å². The predicted molar refractivity (Wildman–Crippen MR) is 146 cm³/mol. The van der Waals surface area contributed by atoms with Gasteiger partial charge in [-0.3, -0.25) is 0 Å². The van der Waals surface area contributed by atoms with Gasteiger partial charge in [-0.25, -0.2) is 18.4 Å². The molecule has 4 heterocycles. The van der Waals surface area contributed by atoms with Crippen LogP contribution in [0.25, 0.3) is 11.0 Å². The predicted octanol–water partition coefficient (Wildman–Crippen LogP) is 5.30. The molecule has 0 spiro atoms. The second-order valence-electron chi connectivity index (χ2n) is 9.63. The van der Waals surface area contributed by atoms with Gasteiger partial charge in [-0.2, -0.15) is 4.31 Å². The average molecular weight is 540 g/mol. The van der Waals surface area contributed by atoms with Crippen molar-refractivity contribution in [2.75, 3.05) is 13.1 Å². The maximum atomic E-state index is 13.3. The molecule has 0 amide bonds. The number of imidazole rings is 1. The number of nitrogens with zero attached hydrogens (tertiary/aromatic N) is 5. The summed E-state index contributed by atoms with van der Waals surface area (Å²) < 4.78 is 38.0. The Bertz CT molecular complexity index is 1480. The van der Waals surface area contributed by atoms with Gasteiger partial charge in [-0.1, -0.05) is 0 Å². The number of pyridine rings is 1. The normalized spacial score (nSPS) is 15.6. The van der Waals surface area contributed by atoms with Gasteiger partial charge in [0.2, 0.25) is 10.0 Å². The van der Waals surface area contributed by atoms with Gasteiger partial charge in [-0.15, -0.1) is 0 Å². The summed E-state index contributed by atoms with van der Waals surface area (Å²) in [5.41, 5.74) is 2.22. The zero-order valence-corrected chi connectivity index (χ0v) is 23.3. The number of ether oxygens (including phenoxy) is 1. The minimum atomic E-state index is -3.54. The molecule has 196 valence electrons. The number of fused-ring (bicyclic) bond motifs is 1. The van der Waals surface area contributed by atoms with Crippen LogP contribution in [0.1, 0.15) is 45.1 Å². The SMILES string of the molecule is CCn1cc(C2CCN(S(=O)(=O)c3ccc(OC(C)C)cc3)CC2)c2ccc(Sc3nccn3C)nc21. The molecule has 0 saturated carbocycles. The highest BCUT2D eigenvalue weighted by molar-refractivity contribution is 7.99. The average Bonchev–Trinajstić information content (AvgIpc) is 3.46. The number of hydrogen-bond donors (Lipinski definition) is 0. The van der Waals surface area contributed by atoms with Gasteiger partial charge in [0, 0.05) is 50.7 Å². The highest BCUT2D eigenvalue weighted by Crippen LogP contribution is 2.37. The summed E-state index contributed by atoms with van der Waals surface area (Å²) in [6.07, 6.45) is 7.52. The van der Waals surface area contributed by atoms with E-state index in [2.05, 4.69) is 34.8 Å². The molecular formula is C27H33N5O3S2. The third-order valence-corrected chi connectivity index (χ3v) is 9.69. The lowest BCUT2D eigenvalue weighted by atomic mass is 9.90. The number of piperidine rings is 1. The van der Waals surface area contributed by atoms with E-state index in [1.165, 1.54) is 5.56 Å². The Morgan fingerprint density at radius 2 is 1.84 bits per heavy atom. The van der Waals surface area contributed by atoms with E-state index >= 15 is 0 Å². The summed E-state index contributed by atoms with van der Waals surface area (Å²) in [7, 11) is -1.56. The number of sulfonamides is 1. The topological polar surface area (TPSA) is 82.3 Å². The van der Waals surface area contributed by atoms with Gasteiger partial charge in [0.15, 0.2) is 5.16 Å². The summed E-state index contributed by atoms with van der Waals surface area (Å²) in [5, 5.41) is 2.96. The third-order valence-electron chi connectivity index (χ3n) is 6.77. The third kappa shape index (κ3) is 5.28. The first-order chi connectivity index (χ1) is 17.8. The molecule has 1 fully saturated rings. The van der Waals surface area contributed by atoms with E-state index in [9.17, 15) is 8.42 Å². The Morgan fingerprint density at radius 1 is 1.11 bits per heavy atom. The van der Waals surface area contributed by atoms with Crippen LogP contribution in [0, 0.1) is 0 Å². The van der Waals surface area contributed by atoms with Crippen molar-refractivity contribution >= 4 is 32.8 Å². The molecule has 10 heteroatoms. The fourth-order valence-corrected chi connectivity index (χ4v) is 7.10. The van der Waals surface area contributed by atoms with Gasteiger partial charge in [0.1, 0.15) is 16.4 Å². The molecular weight excluding hydrogens is 506 g/mol. The molecule has 0 radical (unpaired) electrons. The first-order valence-electron chi connectivity index (χ1n) is 12.7. The molecule has 1 saturated heterocycles. The van der Waals surface area contributed by atoms with Crippen LogP contribution in [-0.4, -0.2) is 51.0 Å². The van der Waals surface area contributed by atoms with Gasteiger partial charge < -0.3 is 13.9 Å². The first-order valence-corrected chi connectivity index (χ1v) is 14.9. The minimum Gasteiger partial charge on any atom is -0.491 e. The first kappa shape index (κ1) is 25.8. The Balaban J connectivity index is 1.32. The van der Waals surface area contributed by atoms with Crippen molar-refractivity contribution in [2.45, 2.75) is 67.3 Å². The fraction of sp³-hybridized carbons (Fsp3) is 0.407. The molecule has 37 heavy (non-hydrogen) atoms. The number of hydrogen-bond acceptors (Lipinski definition) is 6. The maximum absolute atomic E-state index is 13.3. The number of aryl methyl sites for hydroxylation is 2. The Hall–Kier alpha value is -2.82. The zero-order chi connectivity index (χ0) is 26.2. The quantitative estimate of drug-likeness (QED) is 0.302. The van der Waals surface area contributed by atoms with Crippen LogP contribution >= 0.6 is 11.8 Å². The molecule has 1 aliphatic rings. The molecule has 4 aromatic rings. The molecule has 1 aliphatic heterocycles. The van der Waals surface area contributed by atoms with Crippen molar-refractivity contribution in [3.8, 4) is 5.75 Å². The van der Waals surface area contributed by atoms with Crippen LogP contribution in [0.5, 0.6) is 5.75 Å². The lowest BCUT2D eigenvalue weighted by Crippen LogP contribution is -2.37. The summed E-state index contributed by atoms with van der Waals surface area (Å²) in [4.78, 5) is 9.66. The summed E-state index contributed by atoms with van der Waals surface area (Å²) in [6.45, 7) is 7.83. The van der Waals surface area contributed by atoms with Crippen molar-refractivity contribution in [3.63, 3.8) is 0 Å². The van der Waals surface area contributed by atoms with Crippen molar-refractivity contribution in [2.24, 2.45) is 7.05 Å². The number of aromatic nitrogens is 4. The molecule has 5 rings (SSSR count). The zero-order valence-electron chi connectivity index (χ0n) is 21.7. The highest BCUT2D eigenvalue weighted by atomic mass is 32.2. The lowest BCUT2D eigenvalue weighted by molar-refractivity contribution is 0.242. The number of benzene rings is 1. The maximum Gasteiger partial charge on any atom is 0.243 e. The van der Waals surface area contributed by atoms with E-state index in [-0.39, 0.29) is 6.10 Å². The Kier molecular flexibility index (Phi) is 7.33. The molecule has 0 N–H and O–H groups in total. The van der Waals surface area contributed by atoms with Crippen molar-refractivity contribution in [1.29, 1.82) is 0 Å². The van der Waals surface area contributed by atoms with Crippen LogP contribution in [-0.2, 0) is 23.6 Å². The van der Waals surface area contributed by atoms with E-state index in [0.29, 0.717) is 29.7 Å². The molecule has 0 unspecified atom stereocenters. The molecule has 0 aliphatic carbocycles. The second kappa shape index (κ2) is 10.5. The molecule has 3 aromatic heterocycles. The van der Waals surface area contributed by atoms with E-state index in [0.717, 1.165) is 40.6 Å². The Labute approximate surface area is 222 Å². The van der Waals surface area contributed by atoms with E-state index in [1.807, 2.05) is 31.7 Å². The monoisotopic (exact) mass is 539 g/mol. The van der Waals surface area contributed by atoms with Gasteiger partial charge in [-0.05, 0) is 93.3 Å². The van der Waals surface area contributed by atoms with Gasteiger partial charge >= 0.3 is 0 Å². The largest absolute Gasteiger partial charge is 0.491 e. The van der Waals surface area contributed by atoms with Gasteiger partial charge in [0.05, 0.1) is 11.0 Å². The van der Waals surface area contributed by atoms with Crippen LogP contribution in [0.2, 0.25) is 0 Å². The van der Waals surface area contributed by atoms with Crippen molar-refractivity contribution in [3.05, 3.63) is 60.6 Å². The van der Waals surface area contributed by atoms with Crippen molar-refractivity contribution < 1.29 is 13.2 Å². The molecule has 8 nitrogen and oxygen atoms in total. The molecule has 1 aromatic carbocycles. The van der Waals surface area contributed by atoms with Crippen LogP contribution in [0.3, 0.4) is 0 Å². The highest BCUT2D eigenvalue weighted by Gasteiger charge is 2.31. The standard InChI is InChI=1S/C27H33N5O3S2/c1-5-31-18-24(23-10-11-25(29-26(23)31)36-27-28-14-17-30(27)4)20-12-15-32(16-13-20)37(33,34)22-8-6-21(7-9-22)35-19(2)3/h6-11,14,17-20H,5,12-13,15-16H2,1-4H3. The summed E-state index contributed by atoms with van der Waals surface area (Å²) >= 11 is 1.55. The van der Waals surface area contributed by atoms with Crippen molar-refractivity contribution in [1.82, 2.24) is 23.4 Å². The number of rotatable bonds is 8. The second-order valence-corrected chi connectivity index (χ2v) is 12.6.